The van der Waals surface area contributed by atoms with Crippen molar-refractivity contribution >= 4 is 5.91 Å². The van der Waals surface area contributed by atoms with Gasteiger partial charge in [0.05, 0.1) is 6.04 Å². The lowest BCUT2D eigenvalue weighted by molar-refractivity contribution is -0.137. The Morgan fingerprint density at radius 1 is 1.30 bits per heavy atom. The standard InChI is InChI=1S/C17H26N2O/c1-14-9-11-19(12-10-14)17(20)15(2)18(3)13-16-7-5-4-6-8-16/h4-8,14-15H,9-13H2,1-3H3/t15-/m0/s1. The van der Waals surface area contributed by atoms with Gasteiger partial charge in [0.25, 0.3) is 0 Å². The van der Waals surface area contributed by atoms with Crippen molar-refractivity contribution in [3.63, 3.8) is 0 Å². The summed E-state index contributed by atoms with van der Waals surface area (Å²) in [6, 6.07) is 10.3. The molecule has 0 aromatic heterocycles. The predicted molar refractivity (Wildman–Crippen MR) is 82.3 cm³/mol. The molecule has 0 spiro atoms. The highest BCUT2D eigenvalue weighted by Gasteiger charge is 2.26. The topological polar surface area (TPSA) is 23.6 Å². The molecule has 3 heteroatoms. The van der Waals surface area contributed by atoms with Gasteiger partial charge >= 0.3 is 0 Å². The minimum Gasteiger partial charge on any atom is -0.341 e. The van der Waals surface area contributed by atoms with Crippen LogP contribution in [0.5, 0.6) is 0 Å². The van der Waals surface area contributed by atoms with Crippen LogP contribution in [-0.4, -0.2) is 41.9 Å². The van der Waals surface area contributed by atoms with Gasteiger partial charge in [0.2, 0.25) is 5.91 Å². The molecule has 1 amide bonds. The molecule has 0 saturated carbocycles. The van der Waals surface area contributed by atoms with Crippen LogP contribution in [-0.2, 0) is 11.3 Å². The van der Waals surface area contributed by atoms with Crippen LogP contribution in [0, 0.1) is 5.92 Å². The van der Waals surface area contributed by atoms with E-state index >= 15 is 0 Å². The van der Waals surface area contributed by atoms with Gasteiger partial charge < -0.3 is 4.90 Å². The Bertz CT molecular complexity index is 424. The average molecular weight is 274 g/mol. The first-order valence-electron chi connectivity index (χ1n) is 7.61. The minimum absolute atomic E-state index is 0.0522. The molecule has 110 valence electrons. The molecule has 0 aliphatic carbocycles. The number of piperidine rings is 1. The van der Waals surface area contributed by atoms with E-state index in [-0.39, 0.29) is 11.9 Å². The summed E-state index contributed by atoms with van der Waals surface area (Å²) in [5.74, 6) is 1.03. The Kier molecular flexibility index (Phi) is 5.18. The van der Waals surface area contributed by atoms with Gasteiger partial charge in [0.1, 0.15) is 0 Å². The molecule has 1 atom stereocenters. The maximum absolute atomic E-state index is 12.5. The molecule has 20 heavy (non-hydrogen) atoms. The Morgan fingerprint density at radius 3 is 2.50 bits per heavy atom. The number of hydrogen-bond donors (Lipinski definition) is 0. The second-order valence-electron chi connectivity index (χ2n) is 6.08. The quantitative estimate of drug-likeness (QED) is 0.843. The third-order valence-electron chi connectivity index (χ3n) is 4.39. The van der Waals surface area contributed by atoms with E-state index < -0.39 is 0 Å². The van der Waals surface area contributed by atoms with E-state index in [4.69, 9.17) is 0 Å². The highest BCUT2D eigenvalue weighted by atomic mass is 16.2. The van der Waals surface area contributed by atoms with Gasteiger partial charge in [-0.25, -0.2) is 0 Å². The van der Waals surface area contributed by atoms with E-state index in [0.717, 1.165) is 38.4 Å². The first kappa shape index (κ1) is 15.0. The van der Waals surface area contributed by atoms with Gasteiger partial charge in [-0.15, -0.1) is 0 Å². The van der Waals surface area contributed by atoms with E-state index in [1.807, 2.05) is 37.1 Å². The summed E-state index contributed by atoms with van der Waals surface area (Å²) in [6.07, 6.45) is 2.28. The Balaban J connectivity index is 1.89. The fourth-order valence-corrected chi connectivity index (χ4v) is 2.69. The van der Waals surface area contributed by atoms with Crippen molar-refractivity contribution in [2.24, 2.45) is 5.92 Å². The van der Waals surface area contributed by atoms with E-state index in [1.54, 1.807) is 0 Å². The average Bonchev–Trinajstić information content (AvgIpc) is 2.47. The number of hydrogen-bond acceptors (Lipinski definition) is 2. The summed E-state index contributed by atoms with van der Waals surface area (Å²) in [4.78, 5) is 16.7. The summed E-state index contributed by atoms with van der Waals surface area (Å²) in [6.45, 7) is 6.95. The highest BCUT2D eigenvalue weighted by Crippen LogP contribution is 2.18. The zero-order valence-electron chi connectivity index (χ0n) is 12.9. The van der Waals surface area contributed by atoms with Crippen LogP contribution in [0.15, 0.2) is 30.3 Å². The maximum Gasteiger partial charge on any atom is 0.239 e. The number of nitrogens with zero attached hydrogens (tertiary/aromatic N) is 2. The number of likely N-dealkylation sites (tertiary alicyclic amines) is 1. The molecule has 0 radical (unpaired) electrons. The molecule has 1 heterocycles. The Hall–Kier alpha value is -1.35. The SMILES string of the molecule is CC1CCN(C(=O)[C@H](C)N(C)Cc2ccccc2)CC1. The van der Waals surface area contributed by atoms with Gasteiger partial charge in [0, 0.05) is 19.6 Å². The molecule has 1 aromatic rings. The summed E-state index contributed by atoms with van der Waals surface area (Å²) >= 11 is 0. The Morgan fingerprint density at radius 2 is 1.90 bits per heavy atom. The molecule has 1 saturated heterocycles. The summed E-state index contributed by atoms with van der Waals surface area (Å²) in [5.41, 5.74) is 1.25. The predicted octanol–water partition coefficient (Wildman–Crippen LogP) is 2.77. The smallest absolute Gasteiger partial charge is 0.239 e. The summed E-state index contributed by atoms with van der Waals surface area (Å²) < 4.78 is 0. The number of rotatable bonds is 4. The van der Waals surface area contributed by atoms with Crippen LogP contribution < -0.4 is 0 Å². The largest absolute Gasteiger partial charge is 0.341 e. The fraction of sp³-hybridized carbons (Fsp3) is 0.588. The van der Waals surface area contributed by atoms with Crippen molar-refractivity contribution < 1.29 is 4.79 Å². The minimum atomic E-state index is -0.0522. The molecular formula is C17H26N2O. The van der Waals surface area contributed by atoms with Gasteiger partial charge in [-0.1, -0.05) is 37.3 Å². The first-order chi connectivity index (χ1) is 9.58. The van der Waals surface area contributed by atoms with Crippen LogP contribution in [0.2, 0.25) is 0 Å². The number of carbonyl (C=O) groups is 1. The number of likely N-dealkylation sites (N-methyl/N-ethyl adjacent to an activating group) is 1. The van der Waals surface area contributed by atoms with Gasteiger partial charge in [-0.05, 0) is 38.3 Å². The molecule has 1 aromatic carbocycles. The van der Waals surface area contributed by atoms with Gasteiger partial charge in [-0.3, -0.25) is 9.69 Å². The lowest BCUT2D eigenvalue weighted by Gasteiger charge is -2.34. The zero-order valence-corrected chi connectivity index (χ0v) is 12.9. The van der Waals surface area contributed by atoms with Crippen molar-refractivity contribution in [3.8, 4) is 0 Å². The third kappa shape index (κ3) is 3.83. The van der Waals surface area contributed by atoms with E-state index in [1.165, 1.54) is 5.56 Å². The second kappa shape index (κ2) is 6.89. The maximum atomic E-state index is 12.5. The second-order valence-corrected chi connectivity index (χ2v) is 6.08. The van der Waals surface area contributed by atoms with Crippen molar-refractivity contribution in [3.05, 3.63) is 35.9 Å². The normalized spacial score (nSPS) is 18.3. The van der Waals surface area contributed by atoms with Crippen LogP contribution in [0.25, 0.3) is 0 Å². The van der Waals surface area contributed by atoms with Crippen molar-refractivity contribution in [1.82, 2.24) is 9.80 Å². The molecule has 3 nitrogen and oxygen atoms in total. The van der Waals surface area contributed by atoms with E-state index in [2.05, 4.69) is 24.0 Å². The number of amides is 1. The Labute approximate surface area is 122 Å². The lowest BCUT2D eigenvalue weighted by Crippen LogP contribution is -2.48. The monoisotopic (exact) mass is 274 g/mol. The summed E-state index contributed by atoms with van der Waals surface area (Å²) in [5, 5.41) is 0. The van der Waals surface area contributed by atoms with E-state index in [0.29, 0.717) is 0 Å². The highest BCUT2D eigenvalue weighted by molar-refractivity contribution is 5.81. The van der Waals surface area contributed by atoms with Crippen LogP contribution >= 0.6 is 0 Å². The molecule has 2 rings (SSSR count). The number of benzene rings is 1. The molecule has 0 bridgehead atoms. The van der Waals surface area contributed by atoms with Crippen molar-refractivity contribution in [2.45, 2.75) is 39.3 Å². The molecular weight excluding hydrogens is 248 g/mol. The third-order valence-corrected chi connectivity index (χ3v) is 4.39. The molecule has 1 aliphatic heterocycles. The van der Waals surface area contributed by atoms with E-state index in [9.17, 15) is 4.79 Å². The van der Waals surface area contributed by atoms with Crippen LogP contribution in [0.4, 0.5) is 0 Å². The van der Waals surface area contributed by atoms with Gasteiger partial charge in [0.15, 0.2) is 0 Å². The molecule has 1 fully saturated rings. The lowest BCUT2D eigenvalue weighted by atomic mass is 9.98. The van der Waals surface area contributed by atoms with Gasteiger partial charge in [-0.2, -0.15) is 0 Å². The van der Waals surface area contributed by atoms with Crippen molar-refractivity contribution in [1.29, 1.82) is 0 Å². The van der Waals surface area contributed by atoms with Crippen LogP contribution in [0.1, 0.15) is 32.3 Å². The van der Waals surface area contributed by atoms with Crippen molar-refractivity contribution in [2.75, 3.05) is 20.1 Å². The zero-order chi connectivity index (χ0) is 14.5. The molecule has 1 aliphatic rings. The summed E-state index contributed by atoms with van der Waals surface area (Å²) in [7, 11) is 2.03. The first-order valence-corrected chi connectivity index (χ1v) is 7.61. The van der Waals surface area contributed by atoms with Crippen LogP contribution in [0.3, 0.4) is 0 Å². The number of carbonyl (C=O) groups excluding carboxylic acids is 1. The molecule has 0 N–H and O–H groups in total. The fourth-order valence-electron chi connectivity index (χ4n) is 2.69. The molecule has 0 unspecified atom stereocenters.